The van der Waals surface area contributed by atoms with Crippen molar-refractivity contribution in [1.29, 1.82) is 0 Å². The van der Waals surface area contributed by atoms with E-state index in [0.29, 0.717) is 23.7 Å². The highest BCUT2D eigenvalue weighted by molar-refractivity contribution is 8.02. The highest BCUT2D eigenvalue weighted by Crippen LogP contribution is 2.67. The van der Waals surface area contributed by atoms with E-state index in [0.717, 1.165) is 17.5 Å². The highest BCUT2D eigenvalue weighted by Gasteiger charge is 2.74. The van der Waals surface area contributed by atoms with Crippen molar-refractivity contribution >= 4 is 46.8 Å². The fraction of sp³-hybridized carbons (Fsp3) is 0.323. The van der Waals surface area contributed by atoms with Crippen LogP contribution in [0.3, 0.4) is 0 Å². The fourth-order valence-electron chi connectivity index (χ4n) is 6.70. The van der Waals surface area contributed by atoms with E-state index in [2.05, 4.69) is 10.6 Å². The maximum atomic E-state index is 14.4. The van der Waals surface area contributed by atoms with Gasteiger partial charge in [0.15, 0.2) is 0 Å². The molecule has 6 atom stereocenters. The summed E-state index contributed by atoms with van der Waals surface area (Å²) in [6.45, 7) is 0.0250. The standard InChI is InChI=1S/C31H30ClN3O4S/c32-21-11-13-22(14-12-21)34-29(38)27-31-16-15-24(40-31)25(28(37)33-17-19-7-3-1-4-8-19)26(31)30(39)35(27)23(18-36)20-9-5-2-6-10-20/h1-14,23-27,36H,15-18H2,(H,33,37)(H,34,38)/t23-,24+,25-,26+,27?,31?/m1/s1. The van der Waals surface area contributed by atoms with Crippen molar-refractivity contribution in [3.05, 3.63) is 101 Å². The molecule has 40 heavy (non-hydrogen) atoms. The molecule has 0 aromatic heterocycles. The molecule has 3 fully saturated rings. The van der Waals surface area contributed by atoms with Crippen molar-refractivity contribution in [2.45, 2.75) is 41.5 Å². The van der Waals surface area contributed by atoms with E-state index in [1.54, 1.807) is 40.9 Å². The number of likely N-dealkylation sites (tertiary alicyclic amines) is 1. The summed E-state index contributed by atoms with van der Waals surface area (Å²) in [6, 6.07) is 24.2. The summed E-state index contributed by atoms with van der Waals surface area (Å²) in [4.78, 5) is 43.7. The molecule has 2 unspecified atom stereocenters. The van der Waals surface area contributed by atoms with E-state index in [-0.39, 0.29) is 29.6 Å². The van der Waals surface area contributed by atoms with Gasteiger partial charge in [0, 0.05) is 22.5 Å². The number of anilines is 1. The normalized spacial score (nSPS) is 27.4. The van der Waals surface area contributed by atoms with Crippen LogP contribution in [0.1, 0.15) is 30.0 Å². The molecule has 3 aromatic carbocycles. The molecule has 3 aliphatic heterocycles. The van der Waals surface area contributed by atoms with Crippen molar-refractivity contribution in [3.63, 3.8) is 0 Å². The molecule has 3 N–H and O–H groups in total. The number of amides is 3. The molecule has 2 bridgehead atoms. The van der Waals surface area contributed by atoms with Crippen LogP contribution in [-0.4, -0.2) is 50.4 Å². The Morgan fingerprint density at radius 2 is 1.68 bits per heavy atom. The van der Waals surface area contributed by atoms with Gasteiger partial charge in [-0.15, -0.1) is 11.8 Å². The van der Waals surface area contributed by atoms with Crippen molar-refractivity contribution < 1.29 is 19.5 Å². The maximum absolute atomic E-state index is 14.4. The number of hydrogen-bond acceptors (Lipinski definition) is 5. The number of hydrogen-bond donors (Lipinski definition) is 3. The van der Waals surface area contributed by atoms with Crippen LogP contribution in [0.25, 0.3) is 0 Å². The first kappa shape index (κ1) is 26.9. The van der Waals surface area contributed by atoms with E-state index in [4.69, 9.17) is 11.6 Å². The van der Waals surface area contributed by atoms with Gasteiger partial charge in [0.2, 0.25) is 17.7 Å². The summed E-state index contributed by atoms with van der Waals surface area (Å²) in [7, 11) is 0. The van der Waals surface area contributed by atoms with Crippen LogP contribution in [0.5, 0.6) is 0 Å². The average molecular weight is 576 g/mol. The van der Waals surface area contributed by atoms with Crippen LogP contribution in [0.4, 0.5) is 5.69 Å². The first-order valence-corrected chi connectivity index (χ1v) is 14.7. The van der Waals surface area contributed by atoms with E-state index >= 15 is 0 Å². The molecule has 0 radical (unpaired) electrons. The number of nitrogens with one attached hydrogen (secondary N) is 2. The molecule has 206 valence electrons. The molecule has 3 amide bonds. The number of halogens is 1. The minimum Gasteiger partial charge on any atom is -0.394 e. The first-order chi connectivity index (χ1) is 19.4. The third kappa shape index (κ3) is 4.58. The number of thioether (sulfide) groups is 1. The molecule has 3 aromatic rings. The van der Waals surface area contributed by atoms with Gasteiger partial charge < -0.3 is 20.6 Å². The molecule has 3 saturated heterocycles. The van der Waals surface area contributed by atoms with Crippen LogP contribution in [0, 0.1) is 11.8 Å². The summed E-state index contributed by atoms with van der Waals surface area (Å²) in [6.07, 6.45) is 1.38. The first-order valence-electron chi connectivity index (χ1n) is 13.5. The number of carbonyl (C=O) groups excluding carboxylic acids is 3. The lowest BCUT2D eigenvalue weighted by molar-refractivity contribution is -0.142. The third-order valence-electron chi connectivity index (χ3n) is 8.40. The molecule has 0 aliphatic carbocycles. The minimum atomic E-state index is -0.861. The maximum Gasteiger partial charge on any atom is 0.248 e. The van der Waals surface area contributed by atoms with Crippen molar-refractivity contribution in [2.75, 3.05) is 11.9 Å². The second kappa shape index (κ2) is 10.9. The second-order valence-electron chi connectivity index (χ2n) is 10.6. The Labute approximate surface area is 242 Å². The Balaban J connectivity index is 1.35. The zero-order valence-corrected chi connectivity index (χ0v) is 23.3. The molecule has 6 rings (SSSR count). The number of fused-ring (bicyclic) bond motifs is 1. The Morgan fingerprint density at radius 1 is 1.00 bits per heavy atom. The quantitative estimate of drug-likeness (QED) is 0.369. The van der Waals surface area contributed by atoms with Gasteiger partial charge in [-0.05, 0) is 48.2 Å². The fourth-order valence-corrected chi connectivity index (χ4v) is 9.03. The minimum absolute atomic E-state index is 0.0537. The van der Waals surface area contributed by atoms with Gasteiger partial charge in [-0.2, -0.15) is 0 Å². The summed E-state index contributed by atoms with van der Waals surface area (Å²) < 4.78 is -0.769. The zero-order valence-electron chi connectivity index (χ0n) is 21.7. The van der Waals surface area contributed by atoms with Gasteiger partial charge in [-0.3, -0.25) is 14.4 Å². The van der Waals surface area contributed by atoms with Crippen LogP contribution < -0.4 is 10.6 Å². The molecular weight excluding hydrogens is 546 g/mol. The summed E-state index contributed by atoms with van der Waals surface area (Å²) in [5.74, 6) is -1.97. The van der Waals surface area contributed by atoms with Gasteiger partial charge in [0.25, 0.3) is 0 Å². The molecule has 3 aliphatic rings. The summed E-state index contributed by atoms with van der Waals surface area (Å²) >= 11 is 7.65. The summed E-state index contributed by atoms with van der Waals surface area (Å²) in [5, 5.41) is 17.1. The van der Waals surface area contributed by atoms with Crippen LogP contribution in [0.15, 0.2) is 84.9 Å². The second-order valence-corrected chi connectivity index (χ2v) is 12.6. The van der Waals surface area contributed by atoms with Crippen molar-refractivity contribution in [1.82, 2.24) is 10.2 Å². The van der Waals surface area contributed by atoms with Crippen molar-refractivity contribution in [3.8, 4) is 0 Å². The lowest BCUT2D eigenvalue weighted by atomic mass is 9.70. The lowest BCUT2D eigenvalue weighted by Crippen LogP contribution is -2.52. The molecular formula is C31H30ClN3O4S. The molecule has 1 spiro atoms. The number of aliphatic hydroxyl groups is 1. The molecule has 9 heteroatoms. The predicted octanol–water partition coefficient (Wildman–Crippen LogP) is 4.42. The highest BCUT2D eigenvalue weighted by atomic mass is 35.5. The Hall–Kier alpha value is -3.33. The van der Waals surface area contributed by atoms with Gasteiger partial charge in [0.05, 0.1) is 29.2 Å². The molecule has 7 nitrogen and oxygen atoms in total. The Morgan fingerprint density at radius 3 is 2.35 bits per heavy atom. The van der Waals surface area contributed by atoms with E-state index in [1.807, 2.05) is 60.7 Å². The van der Waals surface area contributed by atoms with Gasteiger partial charge >= 0.3 is 0 Å². The smallest absolute Gasteiger partial charge is 0.248 e. The van der Waals surface area contributed by atoms with Crippen LogP contribution in [0.2, 0.25) is 5.02 Å². The van der Waals surface area contributed by atoms with Gasteiger partial charge in [-0.25, -0.2) is 0 Å². The SMILES string of the molecule is O=C(Nc1ccc(Cl)cc1)C1N([C@H](CO)c2ccccc2)C(=O)[C@@H]2[C@H](C(=O)NCc3ccccc3)[C@@H]3CCC12S3. The van der Waals surface area contributed by atoms with Crippen LogP contribution in [-0.2, 0) is 20.9 Å². The topological polar surface area (TPSA) is 98.7 Å². The Bertz CT molecular complexity index is 1410. The summed E-state index contributed by atoms with van der Waals surface area (Å²) in [5.41, 5.74) is 2.28. The third-order valence-corrected chi connectivity index (χ3v) is 10.6. The monoisotopic (exact) mass is 575 g/mol. The van der Waals surface area contributed by atoms with Crippen molar-refractivity contribution in [2.24, 2.45) is 11.8 Å². The number of nitrogens with zero attached hydrogens (tertiary/aromatic N) is 1. The van der Waals surface area contributed by atoms with E-state index in [1.165, 1.54) is 0 Å². The number of rotatable bonds is 8. The van der Waals surface area contributed by atoms with Gasteiger partial charge in [-0.1, -0.05) is 72.3 Å². The number of benzene rings is 3. The number of aliphatic hydroxyl groups excluding tert-OH is 1. The van der Waals surface area contributed by atoms with Crippen LogP contribution >= 0.6 is 23.4 Å². The number of carbonyl (C=O) groups is 3. The Kier molecular flexibility index (Phi) is 7.33. The zero-order chi connectivity index (χ0) is 27.9. The lowest BCUT2D eigenvalue weighted by Gasteiger charge is -2.37. The molecule has 3 heterocycles. The largest absolute Gasteiger partial charge is 0.394 e. The van der Waals surface area contributed by atoms with Gasteiger partial charge in [0.1, 0.15) is 6.04 Å². The predicted molar refractivity (Wildman–Crippen MR) is 156 cm³/mol. The van der Waals surface area contributed by atoms with E-state index < -0.39 is 28.7 Å². The van der Waals surface area contributed by atoms with E-state index in [9.17, 15) is 19.5 Å². The molecule has 0 saturated carbocycles. The average Bonchev–Trinajstić information content (AvgIpc) is 3.62.